The molecule has 1 aromatic carbocycles. The van der Waals surface area contributed by atoms with Crippen LogP contribution in [0.1, 0.15) is 11.1 Å². The molecule has 0 aliphatic carbocycles. The summed E-state index contributed by atoms with van der Waals surface area (Å²) in [5.74, 6) is -1.89. The molecule has 0 saturated heterocycles. The van der Waals surface area contributed by atoms with E-state index < -0.39 is 18.5 Å². The fourth-order valence-corrected chi connectivity index (χ4v) is 1.74. The summed E-state index contributed by atoms with van der Waals surface area (Å²) in [5.41, 5.74) is 1.78. The molecule has 1 unspecified atom stereocenters. The number of halogens is 1. The molecular formula is C12H12ClNO3. The first-order valence-electron chi connectivity index (χ1n) is 5.00. The molecule has 90 valence electrons. The first-order chi connectivity index (χ1) is 8.01. The maximum Gasteiger partial charge on any atom is 0.309 e. The van der Waals surface area contributed by atoms with Crippen LogP contribution in [0, 0.1) is 19.4 Å². The van der Waals surface area contributed by atoms with Crippen LogP contribution in [0.2, 0.25) is 5.02 Å². The molecule has 0 heterocycles. The summed E-state index contributed by atoms with van der Waals surface area (Å²) in [7, 11) is 0. The van der Waals surface area contributed by atoms with E-state index >= 15 is 0 Å². The van der Waals surface area contributed by atoms with Crippen molar-refractivity contribution in [3.05, 3.63) is 39.7 Å². The van der Waals surface area contributed by atoms with Gasteiger partial charge in [-0.3, -0.25) is 4.79 Å². The summed E-state index contributed by atoms with van der Waals surface area (Å²) >= 11 is 5.98. The number of carboxylic acids is 1. The Kier molecular flexibility index (Phi) is 4.50. The lowest BCUT2D eigenvalue weighted by Gasteiger charge is -2.13. The molecule has 0 aromatic heterocycles. The van der Waals surface area contributed by atoms with Gasteiger partial charge >= 0.3 is 5.97 Å². The average molecular weight is 254 g/mol. The fourth-order valence-electron chi connectivity index (χ4n) is 1.51. The predicted molar refractivity (Wildman–Crippen MR) is 64.4 cm³/mol. The number of carboxylic acid groups (broad SMARTS) is 1. The Balaban J connectivity index is 3.05. The summed E-state index contributed by atoms with van der Waals surface area (Å²) in [6, 6.07) is 3.24. The van der Waals surface area contributed by atoms with Gasteiger partial charge in [-0.25, -0.2) is 4.85 Å². The van der Waals surface area contributed by atoms with Crippen molar-refractivity contribution in [2.24, 2.45) is 5.92 Å². The number of rotatable bonds is 4. The Morgan fingerprint density at radius 3 is 2.71 bits per heavy atom. The molecule has 0 radical (unpaired) electrons. The molecule has 0 saturated carbocycles. The Bertz CT molecular complexity index is 479. The average Bonchev–Trinajstić information content (AvgIpc) is 2.30. The van der Waals surface area contributed by atoms with Crippen LogP contribution >= 0.6 is 11.6 Å². The lowest BCUT2D eigenvalue weighted by Crippen LogP contribution is -2.20. The fraction of sp³-hybridized carbons (Fsp3) is 0.333. The lowest BCUT2D eigenvalue weighted by atomic mass is 9.96. The van der Waals surface area contributed by atoms with Gasteiger partial charge < -0.3 is 10.2 Å². The minimum absolute atomic E-state index is 0.204. The van der Waals surface area contributed by atoms with E-state index in [1.165, 1.54) is 0 Å². The van der Waals surface area contributed by atoms with E-state index in [1.54, 1.807) is 19.1 Å². The highest BCUT2D eigenvalue weighted by molar-refractivity contribution is 6.34. The van der Waals surface area contributed by atoms with Crippen molar-refractivity contribution in [2.75, 3.05) is 6.61 Å². The Morgan fingerprint density at radius 1 is 1.59 bits per heavy atom. The standard InChI is InChI=1S/C12H12ClNO3/c1-7-8(5-9(6-15)12(16)17)3-4-10(14-2)11(7)13/h3-4,9,15H,5-6H2,1H3,(H,16,17). The van der Waals surface area contributed by atoms with E-state index in [0.717, 1.165) is 5.56 Å². The monoisotopic (exact) mass is 253 g/mol. The molecule has 1 atom stereocenters. The molecule has 1 aromatic rings. The van der Waals surface area contributed by atoms with Gasteiger partial charge in [0.05, 0.1) is 24.1 Å². The maximum atomic E-state index is 10.8. The molecule has 0 amide bonds. The highest BCUT2D eigenvalue weighted by Crippen LogP contribution is 2.31. The van der Waals surface area contributed by atoms with Gasteiger partial charge in [0.25, 0.3) is 0 Å². The van der Waals surface area contributed by atoms with E-state index in [1.807, 2.05) is 0 Å². The second-order valence-corrected chi connectivity index (χ2v) is 4.09. The van der Waals surface area contributed by atoms with Crippen molar-refractivity contribution in [3.8, 4) is 0 Å². The number of hydrogen-bond acceptors (Lipinski definition) is 2. The molecule has 0 fully saturated rings. The number of aliphatic hydroxyl groups excluding tert-OH is 1. The van der Waals surface area contributed by atoms with Crippen molar-refractivity contribution < 1.29 is 15.0 Å². The SMILES string of the molecule is [C-]#[N+]c1ccc(CC(CO)C(=O)O)c(C)c1Cl. The molecule has 5 heteroatoms. The first-order valence-corrected chi connectivity index (χ1v) is 5.38. The predicted octanol–water partition coefficient (Wildman–Crippen LogP) is 2.43. The smallest absolute Gasteiger partial charge is 0.309 e. The highest BCUT2D eigenvalue weighted by Gasteiger charge is 2.19. The number of aliphatic carboxylic acids is 1. The third-order valence-electron chi connectivity index (χ3n) is 2.63. The van der Waals surface area contributed by atoms with Crippen LogP contribution in [0.5, 0.6) is 0 Å². The molecular weight excluding hydrogens is 242 g/mol. The van der Waals surface area contributed by atoms with Gasteiger partial charge in [-0.05, 0) is 24.5 Å². The molecule has 4 nitrogen and oxygen atoms in total. The van der Waals surface area contributed by atoms with Crippen molar-refractivity contribution in [1.82, 2.24) is 0 Å². The Hall–Kier alpha value is -1.57. The van der Waals surface area contributed by atoms with Gasteiger partial charge in [-0.1, -0.05) is 23.7 Å². The van der Waals surface area contributed by atoms with E-state index in [-0.39, 0.29) is 6.42 Å². The van der Waals surface area contributed by atoms with Crippen LogP contribution in [0.15, 0.2) is 12.1 Å². The summed E-state index contributed by atoms with van der Waals surface area (Å²) in [5, 5.41) is 18.2. The summed E-state index contributed by atoms with van der Waals surface area (Å²) in [6.07, 6.45) is 0.204. The van der Waals surface area contributed by atoms with Crippen LogP contribution in [0.3, 0.4) is 0 Å². The number of nitrogens with zero attached hydrogens (tertiary/aromatic N) is 1. The van der Waals surface area contributed by atoms with Gasteiger partial charge in [0.2, 0.25) is 5.69 Å². The van der Waals surface area contributed by atoms with Crippen LogP contribution in [-0.2, 0) is 11.2 Å². The third-order valence-corrected chi connectivity index (χ3v) is 3.11. The van der Waals surface area contributed by atoms with Crippen molar-refractivity contribution in [3.63, 3.8) is 0 Å². The van der Waals surface area contributed by atoms with Crippen molar-refractivity contribution >= 4 is 23.3 Å². The zero-order chi connectivity index (χ0) is 13.0. The Labute approximate surface area is 104 Å². The third kappa shape index (κ3) is 2.96. The lowest BCUT2D eigenvalue weighted by molar-refractivity contribution is -0.143. The second kappa shape index (κ2) is 5.67. The van der Waals surface area contributed by atoms with Gasteiger partial charge in [-0.2, -0.15) is 0 Å². The van der Waals surface area contributed by atoms with E-state index in [0.29, 0.717) is 16.3 Å². The molecule has 0 aliphatic heterocycles. The van der Waals surface area contributed by atoms with Gasteiger partial charge in [0.1, 0.15) is 0 Å². The largest absolute Gasteiger partial charge is 0.481 e. The quantitative estimate of drug-likeness (QED) is 0.810. The molecule has 1 rings (SSSR count). The van der Waals surface area contributed by atoms with E-state index in [2.05, 4.69) is 4.85 Å². The van der Waals surface area contributed by atoms with Crippen molar-refractivity contribution in [2.45, 2.75) is 13.3 Å². The summed E-state index contributed by atoms with van der Waals surface area (Å²) < 4.78 is 0. The Morgan fingerprint density at radius 2 is 2.24 bits per heavy atom. The number of carbonyl (C=O) groups is 1. The topological polar surface area (TPSA) is 61.9 Å². The zero-order valence-electron chi connectivity index (χ0n) is 9.27. The number of aliphatic hydroxyl groups is 1. The van der Waals surface area contributed by atoms with E-state index in [4.69, 9.17) is 28.4 Å². The van der Waals surface area contributed by atoms with E-state index in [9.17, 15) is 4.79 Å². The molecule has 0 bridgehead atoms. The zero-order valence-corrected chi connectivity index (χ0v) is 10.0. The summed E-state index contributed by atoms with van der Waals surface area (Å²) in [6.45, 7) is 8.22. The molecule has 17 heavy (non-hydrogen) atoms. The number of benzene rings is 1. The van der Waals surface area contributed by atoms with Crippen LogP contribution < -0.4 is 0 Å². The van der Waals surface area contributed by atoms with Crippen LogP contribution in [0.4, 0.5) is 5.69 Å². The first kappa shape index (κ1) is 13.5. The maximum absolute atomic E-state index is 10.8. The normalized spacial score (nSPS) is 11.9. The van der Waals surface area contributed by atoms with Gasteiger partial charge in [0, 0.05) is 0 Å². The minimum Gasteiger partial charge on any atom is -0.481 e. The molecule has 0 aliphatic rings. The highest BCUT2D eigenvalue weighted by atomic mass is 35.5. The van der Waals surface area contributed by atoms with Gasteiger partial charge in [-0.15, -0.1) is 0 Å². The van der Waals surface area contributed by atoms with Crippen LogP contribution in [0.25, 0.3) is 4.85 Å². The summed E-state index contributed by atoms with van der Waals surface area (Å²) in [4.78, 5) is 14.1. The second-order valence-electron chi connectivity index (χ2n) is 3.72. The molecule has 0 spiro atoms. The number of hydrogen-bond donors (Lipinski definition) is 2. The molecule has 2 N–H and O–H groups in total. The van der Waals surface area contributed by atoms with Crippen molar-refractivity contribution in [1.29, 1.82) is 0 Å². The minimum atomic E-state index is -1.04. The van der Waals surface area contributed by atoms with Crippen LogP contribution in [-0.4, -0.2) is 22.8 Å². The van der Waals surface area contributed by atoms with Gasteiger partial charge in [0.15, 0.2) is 0 Å².